The Balaban J connectivity index is 1.98. The van der Waals surface area contributed by atoms with Gasteiger partial charge in [0.05, 0.1) is 6.10 Å². The molecule has 0 fully saturated rings. The van der Waals surface area contributed by atoms with Crippen molar-refractivity contribution in [3.05, 3.63) is 109 Å². The van der Waals surface area contributed by atoms with Gasteiger partial charge in [-0.2, -0.15) is 0 Å². The van der Waals surface area contributed by atoms with Crippen LogP contribution in [0.2, 0.25) is 0 Å². The Labute approximate surface area is 237 Å². The van der Waals surface area contributed by atoms with Gasteiger partial charge in [0.15, 0.2) is 0 Å². The summed E-state index contributed by atoms with van der Waals surface area (Å²) in [6.07, 6.45) is 17.3. The molecule has 0 saturated carbocycles. The van der Waals surface area contributed by atoms with Gasteiger partial charge in [0, 0.05) is 10.8 Å². The molecule has 0 saturated heterocycles. The predicted octanol–water partition coefficient (Wildman–Crippen LogP) is 9.55. The maximum atomic E-state index is 11.0. The minimum Gasteiger partial charge on any atom is -0.508 e. The number of hydrogen-bond acceptors (Lipinski definition) is 3. The molecule has 0 aromatic heterocycles. The number of rotatable bonds is 15. The van der Waals surface area contributed by atoms with Gasteiger partial charge < -0.3 is 14.9 Å². The number of aliphatic hydroxyl groups is 1. The summed E-state index contributed by atoms with van der Waals surface area (Å²) in [5.41, 5.74) is 2.33. The molecule has 3 atom stereocenters. The average Bonchev–Trinajstić information content (AvgIpc) is 2.90. The van der Waals surface area contributed by atoms with Crippen LogP contribution in [0.15, 0.2) is 97.6 Å². The molecule has 2 aromatic carbocycles. The molecule has 3 heteroatoms. The van der Waals surface area contributed by atoms with Crippen LogP contribution in [0.4, 0.5) is 0 Å². The van der Waals surface area contributed by atoms with E-state index in [0.29, 0.717) is 6.42 Å². The second-order valence-corrected chi connectivity index (χ2v) is 11.8. The Hall–Kier alpha value is -3.30. The van der Waals surface area contributed by atoms with Crippen molar-refractivity contribution in [3.8, 4) is 11.5 Å². The number of benzene rings is 2. The third kappa shape index (κ3) is 10.8. The van der Waals surface area contributed by atoms with Crippen molar-refractivity contribution >= 4 is 12.2 Å². The first-order chi connectivity index (χ1) is 18.3. The van der Waals surface area contributed by atoms with E-state index in [4.69, 9.17) is 4.74 Å². The number of phenolic OH excluding ortho intramolecular Hbond substituents is 1. The molecule has 0 radical (unpaired) electrons. The highest BCUT2D eigenvalue weighted by Crippen LogP contribution is 2.32. The van der Waals surface area contributed by atoms with Gasteiger partial charge in [-0.1, -0.05) is 86.2 Å². The molecule has 2 N–H and O–H groups in total. The first-order valence-corrected chi connectivity index (χ1v) is 13.8. The molecule has 3 nitrogen and oxygen atoms in total. The predicted molar refractivity (Wildman–Crippen MR) is 168 cm³/mol. The zero-order valence-corrected chi connectivity index (χ0v) is 24.8. The van der Waals surface area contributed by atoms with Crippen molar-refractivity contribution < 1.29 is 14.9 Å². The zero-order chi connectivity index (χ0) is 29.1. The number of ether oxygens (including phenoxy) is 1. The Kier molecular flexibility index (Phi) is 11.6. The summed E-state index contributed by atoms with van der Waals surface area (Å²) in [5.74, 6) is 0.974. The lowest BCUT2D eigenvalue weighted by atomic mass is 9.82. The lowest BCUT2D eigenvalue weighted by Gasteiger charge is -2.33. The van der Waals surface area contributed by atoms with E-state index < -0.39 is 11.7 Å². The summed E-state index contributed by atoms with van der Waals surface area (Å²) >= 11 is 0. The van der Waals surface area contributed by atoms with Gasteiger partial charge in [0.25, 0.3) is 0 Å². The van der Waals surface area contributed by atoms with E-state index >= 15 is 0 Å². The van der Waals surface area contributed by atoms with Crippen molar-refractivity contribution in [2.45, 2.75) is 78.9 Å². The monoisotopic (exact) mass is 528 g/mol. The third-order valence-corrected chi connectivity index (χ3v) is 7.39. The number of aliphatic hydroxyl groups excluding tert-OH is 1. The maximum absolute atomic E-state index is 11.0. The largest absolute Gasteiger partial charge is 0.508 e. The molecular formula is C36H48O3. The normalized spacial score (nSPS) is 15.9. The van der Waals surface area contributed by atoms with Gasteiger partial charge in [-0.05, 0) is 88.8 Å². The molecule has 0 aliphatic rings. The van der Waals surface area contributed by atoms with Gasteiger partial charge in [-0.3, -0.25) is 0 Å². The van der Waals surface area contributed by atoms with Gasteiger partial charge >= 0.3 is 0 Å². The zero-order valence-electron chi connectivity index (χ0n) is 24.8. The van der Waals surface area contributed by atoms with Crippen LogP contribution < -0.4 is 4.74 Å². The minimum absolute atomic E-state index is 0.0631. The molecule has 0 aliphatic heterocycles. The third-order valence-electron chi connectivity index (χ3n) is 7.39. The molecule has 0 heterocycles. The van der Waals surface area contributed by atoms with Gasteiger partial charge in [0.2, 0.25) is 0 Å². The van der Waals surface area contributed by atoms with E-state index in [1.54, 1.807) is 12.1 Å². The van der Waals surface area contributed by atoms with Crippen molar-refractivity contribution in [1.82, 2.24) is 0 Å². The smallest absolute Gasteiger partial charge is 0.129 e. The summed E-state index contributed by atoms with van der Waals surface area (Å²) in [4.78, 5) is 0. The Morgan fingerprint density at radius 2 is 1.31 bits per heavy atom. The first kappa shape index (κ1) is 31.9. The van der Waals surface area contributed by atoms with Gasteiger partial charge in [-0.15, -0.1) is 13.2 Å². The fourth-order valence-corrected chi connectivity index (χ4v) is 4.15. The standard InChI is InChI=1S/C36H48O3/c1-9-35(7,24-11-12-28(3)4)25-21-30-15-19-32(20-16-30)39-34(5,6)33(38)23-27-36(8,10-2)26-22-29-13-17-31(37)18-14-29/h9-10,12-22,25-26,33,37-38H,1-2,11,23-24,27H2,3-8H3. The minimum atomic E-state index is -0.757. The lowest BCUT2D eigenvalue weighted by molar-refractivity contribution is -0.0354. The van der Waals surface area contributed by atoms with Crippen LogP contribution in [-0.2, 0) is 0 Å². The van der Waals surface area contributed by atoms with Gasteiger partial charge in [-0.25, -0.2) is 0 Å². The van der Waals surface area contributed by atoms with E-state index in [0.717, 1.165) is 36.1 Å². The summed E-state index contributed by atoms with van der Waals surface area (Å²) in [5, 5.41) is 20.5. The summed E-state index contributed by atoms with van der Waals surface area (Å²) in [6, 6.07) is 15.1. The van der Waals surface area contributed by atoms with Crippen LogP contribution in [0.5, 0.6) is 11.5 Å². The Morgan fingerprint density at radius 3 is 1.79 bits per heavy atom. The summed E-state index contributed by atoms with van der Waals surface area (Å²) in [7, 11) is 0. The summed E-state index contributed by atoms with van der Waals surface area (Å²) < 4.78 is 6.24. The highest BCUT2D eigenvalue weighted by Gasteiger charge is 2.31. The SMILES string of the molecule is C=CC(C)(C=Cc1ccc(OC(C)(C)C(O)CCC(C)(C=C)C=Cc2ccc(O)cc2)cc1)CCC=C(C)C. The second-order valence-electron chi connectivity index (χ2n) is 11.8. The number of allylic oxidation sites excluding steroid dienone is 6. The average molecular weight is 529 g/mol. The van der Waals surface area contributed by atoms with Crippen LogP contribution in [0.3, 0.4) is 0 Å². The molecule has 0 spiro atoms. The van der Waals surface area contributed by atoms with Crippen LogP contribution >= 0.6 is 0 Å². The molecule has 2 rings (SSSR count). The molecule has 0 aliphatic carbocycles. The van der Waals surface area contributed by atoms with Crippen molar-refractivity contribution in [1.29, 1.82) is 0 Å². The van der Waals surface area contributed by atoms with E-state index in [2.05, 4.69) is 65.2 Å². The van der Waals surface area contributed by atoms with Crippen molar-refractivity contribution in [2.75, 3.05) is 0 Å². The number of phenols is 1. The molecule has 0 bridgehead atoms. The number of aromatic hydroxyl groups is 1. The fraction of sp³-hybridized carbons (Fsp3) is 0.389. The van der Waals surface area contributed by atoms with Crippen molar-refractivity contribution in [2.24, 2.45) is 10.8 Å². The lowest BCUT2D eigenvalue weighted by Crippen LogP contribution is -2.42. The topological polar surface area (TPSA) is 49.7 Å². The fourth-order valence-electron chi connectivity index (χ4n) is 4.15. The molecular weight excluding hydrogens is 480 g/mol. The number of hydrogen-bond donors (Lipinski definition) is 2. The molecule has 2 aromatic rings. The quantitative estimate of drug-likeness (QED) is 0.226. The van der Waals surface area contributed by atoms with Crippen LogP contribution in [0, 0.1) is 10.8 Å². The second kappa shape index (κ2) is 14.2. The van der Waals surface area contributed by atoms with E-state index in [-0.39, 0.29) is 16.6 Å². The van der Waals surface area contributed by atoms with E-state index in [9.17, 15) is 10.2 Å². The van der Waals surface area contributed by atoms with Crippen molar-refractivity contribution in [3.63, 3.8) is 0 Å². The van der Waals surface area contributed by atoms with Crippen LogP contribution in [-0.4, -0.2) is 21.9 Å². The molecule has 0 amide bonds. The highest BCUT2D eigenvalue weighted by molar-refractivity contribution is 5.52. The highest BCUT2D eigenvalue weighted by atomic mass is 16.5. The van der Waals surface area contributed by atoms with E-state index in [1.165, 1.54) is 5.57 Å². The van der Waals surface area contributed by atoms with Gasteiger partial charge in [0.1, 0.15) is 17.1 Å². The molecule has 39 heavy (non-hydrogen) atoms. The van der Waals surface area contributed by atoms with Crippen LogP contribution in [0.25, 0.3) is 12.2 Å². The Morgan fingerprint density at radius 1 is 0.821 bits per heavy atom. The van der Waals surface area contributed by atoms with E-state index in [1.807, 2.05) is 68.5 Å². The van der Waals surface area contributed by atoms with Crippen LogP contribution in [0.1, 0.15) is 78.4 Å². The molecule has 3 unspecified atom stereocenters. The maximum Gasteiger partial charge on any atom is 0.129 e. The first-order valence-electron chi connectivity index (χ1n) is 13.8. The summed E-state index contributed by atoms with van der Waals surface area (Å²) in [6.45, 7) is 20.5. The molecule has 210 valence electrons. The Bertz CT molecular complexity index is 1150.